The summed E-state index contributed by atoms with van der Waals surface area (Å²) in [4.78, 5) is 17.6. The number of aromatic nitrogens is 2. The third kappa shape index (κ3) is 4.24. The maximum atomic E-state index is 11.7. The van der Waals surface area contributed by atoms with Gasteiger partial charge in [0.1, 0.15) is 0 Å². The van der Waals surface area contributed by atoms with Crippen LogP contribution in [0.25, 0.3) is 0 Å². The van der Waals surface area contributed by atoms with Gasteiger partial charge in [-0.25, -0.2) is 4.98 Å². The van der Waals surface area contributed by atoms with Gasteiger partial charge in [0.15, 0.2) is 5.16 Å². The van der Waals surface area contributed by atoms with Gasteiger partial charge >= 0.3 is 0 Å². The van der Waals surface area contributed by atoms with Gasteiger partial charge in [0.25, 0.3) is 11.6 Å². The number of hydrogen-bond donors (Lipinski definition) is 1. The molecule has 3 nitrogen and oxygen atoms in total. The molecule has 1 N–H and O–H groups in total. The molecular formula is C9H10F2N2OS. The lowest BCUT2D eigenvalue weighted by Gasteiger charge is -1.98. The van der Waals surface area contributed by atoms with Crippen LogP contribution in [0.3, 0.4) is 0 Å². The van der Waals surface area contributed by atoms with Gasteiger partial charge in [0, 0.05) is 17.5 Å². The van der Waals surface area contributed by atoms with E-state index < -0.39 is 6.08 Å². The monoisotopic (exact) mass is 232 g/mol. The van der Waals surface area contributed by atoms with Crippen LogP contribution in [0.15, 0.2) is 28.3 Å². The largest absolute Gasteiger partial charge is 0.301 e. The van der Waals surface area contributed by atoms with E-state index >= 15 is 0 Å². The van der Waals surface area contributed by atoms with Gasteiger partial charge in [-0.05, 0) is 19.4 Å². The van der Waals surface area contributed by atoms with E-state index in [0.717, 1.165) is 6.08 Å². The Hall–Kier alpha value is -1.17. The number of halogens is 2. The zero-order chi connectivity index (χ0) is 11.3. The zero-order valence-electron chi connectivity index (χ0n) is 8.09. The fourth-order valence-electron chi connectivity index (χ4n) is 0.839. The molecule has 1 heterocycles. The Bertz CT molecular complexity index is 413. The van der Waals surface area contributed by atoms with E-state index in [9.17, 15) is 13.6 Å². The number of nitrogens with zero attached hydrogens (tertiary/aromatic N) is 1. The molecule has 0 radical (unpaired) electrons. The van der Waals surface area contributed by atoms with Crippen LogP contribution < -0.4 is 5.56 Å². The van der Waals surface area contributed by atoms with Crippen LogP contribution in [0.4, 0.5) is 8.78 Å². The number of rotatable bonds is 4. The van der Waals surface area contributed by atoms with E-state index in [4.69, 9.17) is 0 Å². The molecule has 82 valence electrons. The second kappa shape index (κ2) is 5.65. The number of thioether (sulfide) groups is 1. The molecule has 1 rings (SSSR count). The Morgan fingerprint density at radius 1 is 1.67 bits per heavy atom. The van der Waals surface area contributed by atoms with Gasteiger partial charge in [-0.1, -0.05) is 11.8 Å². The van der Waals surface area contributed by atoms with Crippen molar-refractivity contribution in [3.05, 3.63) is 34.3 Å². The fourth-order valence-corrected chi connectivity index (χ4v) is 1.56. The van der Waals surface area contributed by atoms with Crippen molar-refractivity contribution < 1.29 is 8.78 Å². The molecule has 0 saturated carbocycles. The molecule has 6 heteroatoms. The molecule has 0 aliphatic rings. The smallest absolute Gasteiger partial charge is 0.266 e. The highest BCUT2D eigenvalue weighted by Gasteiger charge is 1.98. The molecule has 0 aromatic carbocycles. The molecule has 0 amide bonds. The Kier molecular flexibility index (Phi) is 4.48. The molecule has 0 bridgehead atoms. The van der Waals surface area contributed by atoms with Crippen LogP contribution in [-0.2, 0) is 0 Å². The number of hydrogen-bond acceptors (Lipinski definition) is 3. The quantitative estimate of drug-likeness (QED) is 0.492. The molecule has 0 unspecified atom stereocenters. The Morgan fingerprint density at radius 3 is 3.00 bits per heavy atom. The van der Waals surface area contributed by atoms with E-state index in [1.165, 1.54) is 18.0 Å². The van der Waals surface area contributed by atoms with Crippen LogP contribution in [0.5, 0.6) is 0 Å². The summed E-state index contributed by atoms with van der Waals surface area (Å²) in [5, 5.41) is 0.457. The van der Waals surface area contributed by atoms with Crippen LogP contribution in [0, 0.1) is 6.92 Å². The lowest BCUT2D eigenvalue weighted by molar-refractivity contribution is 0.418. The van der Waals surface area contributed by atoms with Crippen molar-refractivity contribution in [1.82, 2.24) is 9.97 Å². The Labute approximate surface area is 89.6 Å². The van der Waals surface area contributed by atoms with Crippen LogP contribution >= 0.6 is 11.8 Å². The Balaban J connectivity index is 2.48. The van der Waals surface area contributed by atoms with Gasteiger partial charge in [-0.2, -0.15) is 8.78 Å². The number of aryl methyl sites for hydroxylation is 1. The van der Waals surface area contributed by atoms with Crippen molar-refractivity contribution in [3.63, 3.8) is 0 Å². The normalized spacial score (nSPS) is 10.1. The van der Waals surface area contributed by atoms with Crippen LogP contribution in [0.2, 0.25) is 0 Å². The highest BCUT2D eigenvalue weighted by Crippen LogP contribution is 2.13. The molecule has 1 aromatic heterocycles. The summed E-state index contributed by atoms with van der Waals surface area (Å²) in [5.74, 6) is 0.462. The number of aromatic amines is 1. The molecular weight excluding hydrogens is 222 g/mol. The molecule has 0 atom stereocenters. The van der Waals surface area contributed by atoms with Crippen molar-refractivity contribution in [2.45, 2.75) is 18.5 Å². The molecule has 0 aliphatic heterocycles. The summed E-state index contributed by atoms with van der Waals surface area (Å²) in [6.07, 6.45) is 0.886. The zero-order valence-corrected chi connectivity index (χ0v) is 8.91. The third-order valence-electron chi connectivity index (χ3n) is 1.61. The minimum Gasteiger partial charge on any atom is -0.301 e. The van der Waals surface area contributed by atoms with Gasteiger partial charge in [0.2, 0.25) is 0 Å². The van der Waals surface area contributed by atoms with Crippen molar-refractivity contribution in [3.8, 4) is 0 Å². The summed E-state index contributed by atoms with van der Waals surface area (Å²) >= 11 is 1.24. The average Bonchev–Trinajstić information content (AvgIpc) is 2.18. The summed E-state index contributed by atoms with van der Waals surface area (Å²) in [5.41, 5.74) is 0.341. The van der Waals surface area contributed by atoms with Gasteiger partial charge < -0.3 is 4.98 Å². The third-order valence-corrected chi connectivity index (χ3v) is 2.53. The molecule has 0 fully saturated rings. The minimum absolute atomic E-state index is 0.195. The minimum atomic E-state index is -1.68. The number of allylic oxidation sites excluding steroid dienone is 1. The molecule has 0 aliphatic carbocycles. The topological polar surface area (TPSA) is 45.8 Å². The van der Waals surface area contributed by atoms with E-state index in [0.29, 0.717) is 16.5 Å². The van der Waals surface area contributed by atoms with Gasteiger partial charge in [-0.15, -0.1) is 0 Å². The van der Waals surface area contributed by atoms with E-state index in [-0.39, 0.29) is 12.0 Å². The number of nitrogens with one attached hydrogen (secondary N) is 1. The lowest BCUT2D eigenvalue weighted by Crippen LogP contribution is -2.10. The second-order valence-corrected chi connectivity index (χ2v) is 3.92. The first kappa shape index (κ1) is 11.9. The SMILES string of the molecule is Cc1cnc(SCCC=C(F)F)[nH]c1=O. The molecule has 0 saturated heterocycles. The van der Waals surface area contributed by atoms with Crippen LogP contribution in [0.1, 0.15) is 12.0 Å². The predicted molar refractivity (Wildman–Crippen MR) is 55.2 cm³/mol. The molecule has 15 heavy (non-hydrogen) atoms. The van der Waals surface area contributed by atoms with E-state index in [1.807, 2.05) is 0 Å². The highest BCUT2D eigenvalue weighted by molar-refractivity contribution is 7.99. The first-order valence-corrected chi connectivity index (χ1v) is 5.28. The van der Waals surface area contributed by atoms with Gasteiger partial charge in [-0.3, -0.25) is 4.79 Å². The number of H-pyrrole nitrogens is 1. The average molecular weight is 232 g/mol. The maximum absolute atomic E-state index is 11.7. The predicted octanol–water partition coefficient (Wildman–Crippen LogP) is 2.34. The first-order chi connectivity index (χ1) is 7.09. The van der Waals surface area contributed by atoms with Crippen LogP contribution in [-0.4, -0.2) is 15.7 Å². The lowest BCUT2D eigenvalue weighted by atomic mass is 10.4. The maximum Gasteiger partial charge on any atom is 0.266 e. The summed E-state index contributed by atoms with van der Waals surface area (Å²) in [6.45, 7) is 1.65. The van der Waals surface area contributed by atoms with Gasteiger partial charge in [0.05, 0.1) is 0 Å². The summed E-state index contributed by atoms with van der Waals surface area (Å²) in [7, 11) is 0. The summed E-state index contributed by atoms with van der Waals surface area (Å²) < 4.78 is 23.3. The first-order valence-electron chi connectivity index (χ1n) is 4.29. The van der Waals surface area contributed by atoms with Crippen molar-refractivity contribution >= 4 is 11.8 Å². The highest BCUT2D eigenvalue weighted by atomic mass is 32.2. The van der Waals surface area contributed by atoms with Crippen molar-refractivity contribution in [2.24, 2.45) is 0 Å². The van der Waals surface area contributed by atoms with E-state index in [2.05, 4.69) is 9.97 Å². The van der Waals surface area contributed by atoms with Crippen molar-refractivity contribution in [2.75, 3.05) is 5.75 Å². The van der Waals surface area contributed by atoms with E-state index in [1.54, 1.807) is 6.92 Å². The molecule has 0 spiro atoms. The fraction of sp³-hybridized carbons (Fsp3) is 0.333. The second-order valence-electron chi connectivity index (χ2n) is 2.83. The Morgan fingerprint density at radius 2 is 2.40 bits per heavy atom. The summed E-state index contributed by atoms with van der Waals surface area (Å²) in [6, 6.07) is 0. The standard InChI is InChI=1S/C9H10F2N2OS/c1-6-5-12-9(13-8(6)14)15-4-2-3-7(10)11/h3,5H,2,4H2,1H3,(H,12,13,14). The van der Waals surface area contributed by atoms with Crippen molar-refractivity contribution in [1.29, 1.82) is 0 Å². The molecule has 1 aromatic rings.